The maximum Gasteiger partial charge on any atom is 0.118 e. The van der Waals surface area contributed by atoms with Gasteiger partial charge in [0.15, 0.2) is 0 Å². The number of benzene rings is 1. The number of hydrogen-bond acceptors (Lipinski definition) is 4. The molecule has 0 saturated carbocycles. The van der Waals surface area contributed by atoms with E-state index in [9.17, 15) is 0 Å². The molecule has 0 aliphatic carbocycles. The normalized spacial score (nSPS) is 32.0. The second-order valence-corrected chi connectivity index (χ2v) is 8.86. The fourth-order valence-electron chi connectivity index (χ4n) is 5.61. The molecule has 3 aliphatic rings. The molecule has 1 aromatic carbocycles. The minimum absolute atomic E-state index is 0.446. The van der Waals surface area contributed by atoms with Crippen molar-refractivity contribution < 1.29 is 4.74 Å². The van der Waals surface area contributed by atoms with Crippen LogP contribution >= 0.6 is 11.3 Å². The van der Waals surface area contributed by atoms with E-state index < -0.39 is 0 Å². The highest BCUT2D eigenvalue weighted by Crippen LogP contribution is 2.56. The zero-order valence-corrected chi connectivity index (χ0v) is 15.7. The van der Waals surface area contributed by atoms with Crippen LogP contribution in [-0.4, -0.2) is 42.1 Å². The molecule has 3 aliphatic heterocycles. The third-order valence-corrected chi connectivity index (χ3v) is 7.61. The average Bonchev–Trinajstić information content (AvgIpc) is 3.37. The SMILES string of the molecule is COc1ccc(CN2C[C@H]3C[C@H](c4cccs4)N4CCC[C@@]34C2)cc1. The van der Waals surface area contributed by atoms with Crippen LogP contribution in [-0.2, 0) is 6.54 Å². The van der Waals surface area contributed by atoms with Crippen molar-refractivity contribution in [1.29, 1.82) is 0 Å². The van der Waals surface area contributed by atoms with E-state index in [4.69, 9.17) is 4.74 Å². The van der Waals surface area contributed by atoms with Crippen molar-refractivity contribution in [3.05, 3.63) is 52.2 Å². The highest BCUT2D eigenvalue weighted by molar-refractivity contribution is 7.10. The van der Waals surface area contributed by atoms with Crippen molar-refractivity contribution in [3.8, 4) is 5.75 Å². The summed E-state index contributed by atoms with van der Waals surface area (Å²) in [6.45, 7) is 4.85. The van der Waals surface area contributed by atoms with Gasteiger partial charge in [-0.05, 0) is 60.9 Å². The Morgan fingerprint density at radius 3 is 2.88 bits per heavy atom. The molecule has 0 unspecified atom stereocenters. The summed E-state index contributed by atoms with van der Waals surface area (Å²) in [5, 5.41) is 2.24. The summed E-state index contributed by atoms with van der Waals surface area (Å²) in [6, 6.07) is 13.8. The van der Waals surface area contributed by atoms with Crippen LogP contribution in [0, 0.1) is 5.92 Å². The van der Waals surface area contributed by atoms with Gasteiger partial charge in [-0.15, -0.1) is 11.3 Å². The van der Waals surface area contributed by atoms with Gasteiger partial charge in [0.05, 0.1) is 7.11 Å². The van der Waals surface area contributed by atoms with Gasteiger partial charge in [0.2, 0.25) is 0 Å². The fraction of sp³-hybridized carbons (Fsp3) is 0.524. The Hall–Kier alpha value is -1.36. The molecule has 0 N–H and O–H groups in total. The number of rotatable bonds is 4. The molecule has 5 rings (SSSR count). The molecule has 3 nitrogen and oxygen atoms in total. The van der Waals surface area contributed by atoms with Gasteiger partial charge in [-0.3, -0.25) is 9.80 Å². The quantitative estimate of drug-likeness (QED) is 0.820. The zero-order valence-electron chi connectivity index (χ0n) is 14.9. The minimum atomic E-state index is 0.446. The summed E-state index contributed by atoms with van der Waals surface area (Å²) in [5.41, 5.74) is 1.85. The first-order chi connectivity index (χ1) is 12.3. The van der Waals surface area contributed by atoms with Crippen LogP contribution in [0.5, 0.6) is 5.75 Å². The maximum absolute atomic E-state index is 5.28. The number of nitrogens with zero attached hydrogens (tertiary/aromatic N) is 2. The van der Waals surface area contributed by atoms with Gasteiger partial charge in [-0.2, -0.15) is 0 Å². The second kappa shape index (κ2) is 6.11. The van der Waals surface area contributed by atoms with Gasteiger partial charge in [-0.1, -0.05) is 18.2 Å². The number of ether oxygens (including phenoxy) is 1. The summed E-state index contributed by atoms with van der Waals surface area (Å²) in [6.07, 6.45) is 4.10. The number of methoxy groups -OCH3 is 1. The molecule has 3 fully saturated rings. The molecule has 3 atom stereocenters. The molecule has 1 aromatic heterocycles. The average molecular weight is 355 g/mol. The Morgan fingerprint density at radius 1 is 1.24 bits per heavy atom. The van der Waals surface area contributed by atoms with Gasteiger partial charge in [0, 0.05) is 36.1 Å². The van der Waals surface area contributed by atoms with Gasteiger partial charge < -0.3 is 4.74 Å². The number of hydrogen-bond donors (Lipinski definition) is 0. The van der Waals surface area contributed by atoms with E-state index in [1.807, 2.05) is 11.3 Å². The van der Waals surface area contributed by atoms with E-state index >= 15 is 0 Å². The molecular weight excluding hydrogens is 328 g/mol. The lowest BCUT2D eigenvalue weighted by Crippen LogP contribution is -2.45. The maximum atomic E-state index is 5.28. The molecular formula is C21H26N2OS. The van der Waals surface area contributed by atoms with E-state index in [0.717, 1.165) is 18.2 Å². The van der Waals surface area contributed by atoms with E-state index in [-0.39, 0.29) is 0 Å². The lowest BCUT2D eigenvalue weighted by Gasteiger charge is -2.35. The highest BCUT2D eigenvalue weighted by atomic mass is 32.1. The van der Waals surface area contributed by atoms with Gasteiger partial charge in [-0.25, -0.2) is 0 Å². The smallest absolute Gasteiger partial charge is 0.118 e. The molecule has 1 spiro atoms. The van der Waals surface area contributed by atoms with Crippen LogP contribution < -0.4 is 4.74 Å². The highest BCUT2D eigenvalue weighted by Gasteiger charge is 2.59. The van der Waals surface area contributed by atoms with Crippen molar-refractivity contribution >= 4 is 11.3 Å². The van der Waals surface area contributed by atoms with E-state index in [1.165, 1.54) is 44.5 Å². The zero-order chi connectivity index (χ0) is 16.9. The Bertz CT molecular complexity index is 729. The molecule has 4 heteroatoms. The molecule has 4 heterocycles. The third kappa shape index (κ3) is 2.54. The lowest BCUT2D eigenvalue weighted by atomic mass is 9.86. The standard InChI is InChI=1S/C21H26N2OS/c1-24-18-7-5-16(6-8-18)13-22-14-17-12-19(20-4-2-11-25-20)23-10-3-9-21(17,23)15-22/h2,4-8,11,17,19H,3,9-10,12-15H2,1H3/t17-,19-,21-/m1/s1. The van der Waals surface area contributed by atoms with Crippen molar-refractivity contribution in [2.24, 2.45) is 5.92 Å². The topological polar surface area (TPSA) is 15.7 Å². The molecule has 2 aromatic rings. The molecule has 0 amide bonds. The number of thiophene rings is 1. The van der Waals surface area contributed by atoms with Crippen molar-refractivity contribution in [1.82, 2.24) is 9.80 Å². The summed E-state index contributed by atoms with van der Waals surface area (Å²) in [5.74, 6) is 1.78. The first kappa shape index (κ1) is 15.9. The monoisotopic (exact) mass is 354 g/mol. The molecule has 0 bridgehead atoms. The molecule has 132 valence electrons. The lowest BCUT2D eigenvalue weighted by molar-refractivity contribution is 0.132. The first-order valence-corrected chi connectivity index (χ1v) is 10.3. The third-order valence-electron chi connectivity index (χ3n) is 6.64. The van der Waals surface area contributed by atoms with Crippen molar-refractivity contribution in [3.63, 3.8) is 0 Å². The predicted octanol–water partition coefficient (Wildman–Crippen LogP) is 4.17. The van der Waals surface area contributed by atoms with Crippen molar-refractivity contribution in [2.75, 3.05) is 26.7 Å². The van der Waals surface area contributed by atoms with Crippen LogP contribution in [0.15, 0.2) is 41.8 Å². The Morgan fingerprint density at radius 2 is 2.12 bits per heavy atom. The summed E-state index contributed by atoms with van der Waals surface area (Å²) >= 11 is 1.94. The summed E-state index contributed by atoms with van der Waals surface area (Å²) in [7, 11) is 1.73. The fourth-order valence-corrected chi connectivity index (χ4v) is 6.46. The van der Waals surface area contributed by atoms with Crippen molar-refractivity contribution in [2.45, 2.75) is 37.4 Å². The largest absolute Gasteiger partial charge is 0.497 e. The Kier molecular flexibility index (Phi) is 3.88. The van der Waals surface area contributed by atoms with E-state index in [1.54, 1.807) is 12.0 Å². The van der Waals surface area contributed by atoms with E-state index in [0.29, 0.717) is 11.6 Å². The minimum Gasteiger partial charge on any atom is -0.497 e. The van der Waals surface area contributed by atoms with Gasteiger partial charge in [0.1, 0.15) is 5.75 Å². The van der Waals surface area contributed by atoms with Crippen LogP contribution in [0.1, 0.15) is 35.7 Å². The molecule has 3 saturated heterocycles. The first-order valence-electron chi connectivity index (χ1n) is 9.44. The van der Waals surface area contributed by atoms with Gasteiger partial charge >= 0.3 is 0 Å². The molecule has 25 heavy (non-hydrogen) atoms. The number of likely N-dealkylation sites (tertiary alicyclic amines) is 1. The Labute approximate surface area is 154 Å². The van der Waals surface area contributed by atoms with Crippen LogP contribution in [0.2, 0.25) is 0 Å². The Balaban J connectivity index is 1.33. The predicted molar refractivity (Wildman–Crippen MR) is 102 cm³/mol. The van der Waals surface area contributed by atoms with Crippen LogP contribution in [0.3, 0.4) is 0 Å². The van der Waals surface area contributed by atoms with E-state index in [2.05, 4.69) is 51.6 Å². The van der Waals surface area contributed by atoms with Gasteiger partial charge in [0.25, 0.3) is 0 Å². The summed E-state index contributed by atoms with van der Waals surface area (Å²) < 4.78 is 5.28. The van der Waals surface area contributed by atoms with Crippen LogP contribution in [0.25, 0.3) is 0 Å². The summed E-state index contributed by atoms with van der Waals surface area (Å²) in [4.78, 5) is 7.14. The molecule has 0 radical (unpaired) electrons. The van der Waals surface area contributed by atoms with Crippen LogP contribution in [0.4, 0.5) is 0 Å². The second-order valence-electron chi connectivity index (χ2n) is 7.88.